The zero-order valence-electron chi connectivity index (χ0n) is 12.3. The number of carboxylic acid groups (broad SMARTS) is 1. The molecule has 1 atom stereocenters. The van der Waals surface area contributed by atoms with Crippen molar-refractivity contribution in [2.24, 2.45) is 5.41 Å². The molecular weight excluding hydrogens is 268 g/mol. The van der Waals surface area contributed by atoms with Crippen molar-refractivity contribution in [3.63, 3.8) is 0 Å². The zero-order chi connectivity index (χ0) is 15.3. The van der Waals surface area contributed by atoms with Gasteiger partial charge in [-0.05, 0) is 37.9 Å². The number of hydrogen-bond donors (Lipinski definition) is 3. The van der Waals surface area contributed by atoms with Crippen molar-refractivity contribution in [2.45, 2.75) is 32.2 Å². The maximum Gasteiger partial charge on any atom is 0.330 e. The third-order valence-corrected chi connectivity index (χ3v) is 4.37. The summed E-state index contributed by atoms with van der Waals surface area (Å²) in [6.45, 7) is 3.58. The molecule has 21 heavy (non-hydrogen) atoms. The molecule has 0 aliphatic carbocycles. The van der Waals surface area contributed by atoms with E-state index in [9.17, 15) is 14.7 Å². The van der Waals surface area contributed by atoms with E-state index in [2.05, 4.69) is 10.6 Å². The van der Waals surface area contributed by atoms with Crippen molar-refractivity contribution in [1.29, 1.82) is 0 Å². The van der Waals surface area contributed by atoms with E-state index in [4.69, 9.17) is 0 Å². The molecule has 0 aromatic heterocycles. The first-order chi connectivity index (χ1) is 10.1. The molecule has 1 aromatic rings. The van der Waals surface area contributed by atoms with Crippen LogP contribution in [-0.2, 0) is 9.59 Å². The van der Waals surface area contributed by atoms with Gasteiger partial charge in [0.1, 0.15) is 0 Å². The van der Waals surface area contributed by atoms with Gasteiger partial charge in [-0.3, -0.25) is 4.79 Å². The SMILES string of the molecule is CCC1(C(=O)N[C@H](C(=O)O)c2ccccc2)CCNCC1. The Morgan fingerprint density at radius 3 is 2.43 bits per heavy atom. The van der Waals surface area contributed by atoms with Gasteiger partial charge in [-0.1, -0.05) is 37.3 Å². The van der Waals surface area contributed by atoms with Crippen molar-refractivity contribution in [1.82, 2.24) is 10.6 Å². The normalized spacial score (nSPS) is 18.7. The first kappa shape index (κ1) is 15.5. The summed E-state index contributed by atoms with van der Waals surface area (Å²) in [7, 11) is 0. The van der Waals surface area contributed by atoms with E-state index in [1.54, 1.807) is 24.3 Å². The smallest absolute Gasteiger partial charge is 0.330 e. The number of nitrogens with one attached hydrogen (secondary N) is 2. The quantitative estimate of drug-likeness (QED) is 0.771. The van der Waals surface area contributed by atoms with Gasteiger partial charge in [0.05, 0.1) is 5.41 Å². The summed E-state index contributed by atoms with van der Waals surface area (Å²) in [6, 6.07) is 7.83. The number of amides is 1. The predicted molar refractivity (Wildman–Crippen MR) is 79.8 cm³/mol. The highest BCUT2D eigenvalue weighted by Gasteiger charge is 2.39. The minimum atomic E-state index is -1.03. The van der Waals surface area contributed by atoms with Gasteiger partial charge in [0, 0.05) is 0 Å². The van der Waals surface area contributed by atoms with Gasteiger partial charge in [-0.2, -0.15) is 0 Å². The molecule has 1 saturated heterocycles. The van der Waals surface area contributed by atoms with Crippen LogP contribution in [0.2, 0.25) is 0 Å². The van der Waals surface area contributed by atoms with Crippen molar-refractivity contribution in [3.8, 4) is 0 Å². The summed E-state index contributed by atoms with van der Waals surface area (Å²) in [5, 5.41) is 15.4. The molecule has 0 saturated carbocycles. The number of rotatable bonds is 5. The topological polar surface area (TPSA) is 78.4 Å². The summed E-state index contributed by atoms with van der Waals surface area (Å²) in [5.41, 5.74) is 0.145. The van der Waals surface area contributed by atoms with Crippen LogP contribution >= 0.6 is 0 Å². The van der Waals surface area contributed by atoms with Crippen molar-refractivity contribution in [2.75, 3.05) is 13.1 Å². The Labute approximate surface area is 124 Å². The first-order valence-corrected chi connectivity index (χ1v) is 7.38. The number of carbonyl (C=O) groups excluding carboxylic acids is 1. The van der Waals surface area contributed by atoms with Crippen molar-refractivity contribution < 1.29 is 14.7 Å². The van der Waals surface area contributed by atoms with Crippen LogP contribution in [-0.4, -0.2) is 30.1 Å². The van der Waals surface area contributed by atoms with Crippen LogP contribution in [0.15, 0.2) is 30.3 Å². The Balaban J connectivity index is 2.16. The second-order valence-corrected chi connectivity index (χ2v) is 5.54. The molecular formula is C16H22N2O3. The second-order valence-electron chi connectivity index (χ2n) is 5.54. The first-order valence-electron chi connectivity index (χ1n) is 7.38. The zero-order valence-corrected chi connectivity index (χ0v) is 12.3. The number of aliphatic carboxylic acids is 1. The van der Waals surface area contributed by atoms with Gasteiger partial charge >= 0.3 is 5.97 Å². The van der Waals surface area contributed by atoms with Crippen LogP contribution in [0.4, 0.5) is 0 Å². The summed E-state index contributed by atoms with van der Waals surface area (Å²) < 4.78 is 0. The van der Waals surface area contributed by atoms with E-state index < -0.39 is 17.4 Å². The van der Waals surface area contributed by atoms with Crippen LogP contribution in [0.5, 0.6) is 0 Å². The Morgan fingerprint density at radius 2 is 1.90 bits per heavy atom. The molecule has 1 heterocycles. The van der Waals surface area contributed by atoms with E-state index in [1.807, 2.05) is 13.0 Å². The molecule has 1 fully saturated rings. The lowest BCUT2D eigenvalue weighted by molar-refractivity contribution is -0.144. The van der Waals surface area contributed by atoms with Crippen LogP contribution < -0.4 is 10.6 Å². The number of benzene rings is 1. The van der Waals surface area contributed by atoms with Crippen LogP contribution in [0.1, 0.15) is 37.8 Å². The highest BCUT2D eigenvalue weighted by Crippen LogP contribution is 2.33. The molecule has 2 rings (SSSR count). The Bertz CT molecular complexity index is 496. The number of carbonyl (C=O) groups is 2. The molecule has 1 amide bonds. The number of carboxylic acids is 1. The van der Waals surface area contributed by atoms with Gasteiger partial charge < -0.3 is 15.7 Å². The highest BCUT2D eigenvalue weighted by molar-refractivity contribution is 5.88. The molecule has 3 N–H and O–H groups in total. The van der Waals surface area contributed by atoms with Crippen molar-refractivity contribution >= 4 is 11.9 Å². The Hall–Kier alpha value is -1.88. The number of piperidine rings is 1. The third kappa shape index (κ3) is 3.42. The van der Waals surface area contributed by atoms with Gasteiger partial charge in [-0.25, -0.2) is 4.79 Å². The predicted octanol–water partition coefficient (Wildman–Crippen LogP) is 1.71. The lowest BCUT2D eigenvalue weighted by atomic mass is 9.75. The molecule has 1 aliphatic rings. The van der Waals surface area contributed by atoms with Gasteiger partial charge in [0.2, 0.25) is 5.91 Å². The second kappa shape index (κ2) is 6.72. The molecule has 5 nitrogen and oxygen atoms in total. The maximum atomic E-state index is 12.6. The van der Waals surface area contributed by atoms with E-state index in [0.717, 1.165) is 32.4 Å². The summed E-state index contributed by atoms with van der Waals surface area (Å²) in [5.74, 6) is -1.18. The average Bonchev–Trinajstić information content (AvgIpc) is 2.53. The lowest BCUT2D eigenvalue weighted by Crippen LogP contribution is -2.49. The molecule has 114 valence electrons. The number of hydrogen-bond acceptors (Lipinski definition) is 3. The maximum absolute atomic E-state index is 12.6. The van der Waals surface area contributed by atoms with Crippen LogP contribution in [0.3, 0.4) is 0 Å². The standard InChI is InChI=1S/C16H22N2O3/c1-2-16(8-10-17-11-9-16)15(21)18-13(14(19)20)12-6-4-3-5-7-12/h3-7,13,17H,2,8-11H2,1H3,(H,18,21)(H,19,20)/t13-/m0/s1. The molecule has 1 aliphatic heterocycles. The summed E-state index contributed by atoms with van der Waals surface area (Å²) in [6.07, 6.45) is 2.22. The Kier molecular flexibility index (Phi) is 4.96. The Morgan fingerprint density at radius 1 is 1.29 bits per heavy atom. The highest BCUT2D eigenvalue weighted by atomic mass is 16.4. The van der Waals surface area contributed by atoms with Crippen molar-refractivity contribution in [3.05, 3.63) is 35.9 Å². The fourth-order valence-corrected chi connectivity index (χ4v) is 2.86. The molecule has 0 unspecified atom stereocenters. The van der Waals surface area contributed by atoms with E-state index in [1.165, 1.54) is 0 Å². The summed E-state index contributed by atoms with van der Waals surface area (Å²) >= 11 is 0. The molecule has 0 radical (unpaired) electrons. The van der Waals surface area contributed by atoms with E-state index in [-0.39, 0.29) is 5.91 Å². The van der Waals surface area contributed by atoms with Gasteiger partial charge in [0.25, 0.3) is 0 Å². The largest absolute Gasteiger partial charge is 0.479 e. The minimum Gasteiger partial charge on any atom is -0.479 e. The monoisotopic (exact) mass is 290 g/mol. The third-order valence-electron chi connectivity index (χ3n) is 4.37. The fourth-order valence-electron chi connectivity index (χ4n) is 2.86. The molecule has 1 aromatic carbocycles. The van der Waals surface area contributed by atoms with Crippen LogP contribution in [0.25, 0.3) is 0 Å². The van der Waals surface area contributed by atoms with E-state index >= 15 is 0 Å². The summed E-state index contributed by atoms with van der Waals surface area (Å²) in [4.78, 5) is 24.1. The molecule has 5 heteroatoms. The molecule has 0 bridgehead atoms. The molecule has 0 spiro atoms. The van der Waals surface area contributed by atoms with Gasteiger partial charge in [-0.15, -0.1) is 0 Å². The van der Waals surface area contributed by atoms with E-state index in [0.29, 0.717) is 5.56 Å². The lowest BCUT2D eigenvalue weighted by Gasteiger charge is -2.36. The average molecular weight is 290 g/mol. The fraction of sp³-hybridized carbons (Fsp3) is 0.500. The van der Waals surface area contributed by atoms with Crippen LogP contribution in [0, 0.1) is 5.41 Å². The van der Waals surface area contributed by atoms with Gasteiger partial charge in [0.15, 0.2) is 6.04 Å². The minimum absolute atomic E-state index is 0.150.